The average molecular weight is 313 g/mol. The van der Waals surface area contributed by atoms with Gasteiger partial charge in [0.05, 0.1) is 18.1 Å². The molecule has 0 unspecified atom stereocenters. The molecule has 0 spiro atoms. The highest BCUT2D eigenvalue weighted by Crippen LogP contribution is 2.28. The zero-order valence-electron chi connectivity index (χ0n) is 13.0. The molecule has 4 nitrogen and oxygen atoms in total. The summed E-state index contributed by atoms with van der Waals surface area (Å²) in [7, 11) is 0. The number of halogens is 1. The summed E-state index contributed by atoms with van der Waals surface area (Å²) in [6, 6.07) is 5.84. The Morgan fingerprint density at radius 1 is 1.38 bits per heavy atom. The summed E-state index contributed by atoms with van der Waals surface area (Å²) in [6.45, 7) is 7.97. The first kappa shape index (κ1) is 17.8. The lowest BCUT2D eigenvalue weighted by Crippen LogP contribution is -2.31. The van der Waals surface area contributed by atoms with Gasteiger partial charge in [-0.3, -0.25) is 4.79 Å². The molecule has 0 aromatic heterocycles. The van der Waals surface area contributed by atoms with E-state index in [2.05, 4.69) is 17.6 Å². The van der Waals surface area contributed by atoms with Gasteiger partial charge in [0.2, 0.25) is 5.91 Å². The summed E-state index contributed by atoms with van der Waals surface area (Å²) in [5, 5.41) is 6.74. The van der Waals surface area contributed by atoms with Crippen LogP contribution < -0.4 is 15.4 Å². The van der Waals surface area contributed by atoms with Crippen LogP contribution in [0.2, 0.25) is 5.02 Å². The Hall–Kier alpha value is -1.26. The number of carbonyl (C=O) groups excluding carboxylic acids is 1. The molecule has 0 bridgehead atoms. The van der Waals surface area contributed by atoms with Gasteiger partial charge in [0, 0.05) is 18.2 Å². The number of ether oxygens (including phenoxy) is 1. The zero-order valence-corrected chi connectivity index (χ0v) is 13.8. The fourth-order valence-corrected chi connectivity index (χ4v) is 2.14. The lowest BCUT2D eigenvalue weighted by molar-refractivity contribution is -0.122. The number of nitrogens with one attached hydrogen (secondary N) is 2. The van der Waals surface area contributed by atoms with E-state index in [1.165, 1.54) is 0 Å². The molecule has 118 valence electrons. The van der Waals surface area contributed by atoms with Gasteiger partial charge in [-0.1, -0.05) is 30.7 Å². The number of rotatable bonds is 9. The van der Waals surface area contributed by atoms with E-state index >= 15 is 0 Å². The van der Waals surface area contributed by atoms with E-state index in [-0.39, 0.29) is 11.9 Å². The molecule has 1 aromatic carbocycles. The predicted molar refractivity (Wildman–Crippen MR) is 86.8 cm³/mol. The van der Waals surface area contributed by atoms with Crippen LogP contribution in [0, 0.1) is 0 Å². The van der Waals surface area contributed by atoms with Gasteiger partial charge in [0.25, 0.3) is 0 Å². The zero-order chi connectivity index (χ0) is 15.7. The van der Waals surface area contributed by atoms with Crippen LogP contribution in [0.1, 0.15) is 39.2 Å². The second-order valence-corrected chi connectivity index (χ2v) is 5.63. The van der Waals surface area contributed by atoms with Gasteiger partial charge in [0.1, 0.15) is 5.75 Å². The van der Waals surface area contributed by atoms with E-state index in [4.69, 9.17) is 16.3 Å². The van der Waals surface area contributed by atoms with E-state index in [0.717, 1.165) is 18.5 Å². The summed E-state index contributed by atoms with van der Waals surface area (Å²) in [5.74, 6) is 0.655. The van der Waals surface area contributed by atoms with Crippen LogP contribution in [0.15, 0.2) is 18.2 Å². The molecule has 0 saturated heterocycles. The van der Waals surface area contributed by atoms with E-state index < -0.39 is 0 Å². The molecular formula is C16H25ClN2O2. The van der Waals surface area contributed by atoms with Gasteiger partial charge < -0.3 is 15.4 Å². The number of carbonyl (C=O) groups is 1. The van der Waals surface area contributed by atoms with Crippen LogP contribution in [-0.4, -0.2) is 25.1 Å². The van der Waals surface area contributed by atoms with E-state index in [9.17, 15) is 4.79 Å². The van der Waals surface area contributed by atoms with E-state index in [1.54, 1.807) is 6.07 Å². The van der Waals surface area contributed by atoms with Crippen LogP contribution in [0.25, 0.3) is 0 Å². The molecular weight excluding hydrogens is 288 g/mol. The van der Waals surface area contributed by atoms with Crippen molar-refractivity contribution in [1.29, 1.82) is 0 Å². The SMILES string of the molecule is CCCNCc1cccc(Cl)c1OCCC(=O)NC(C)C. The molecule has 0 aliphatic rings. The number of hydrogen-bond donors (Lipinski definition) is 2. The Morgan fingerprint density at radius 3 is 2.81 bits per heavy atom. The molecule has 0 radical (unpaired) electrons. The quantitative estimate of drug-likeness (QED) is 0.689. The normalized spacial score (nSPS) is 10.7. The summed E-state index contributed by atoms with van der Waals surface area (Å²) in [6.07, 6.45) is 1.40. The van der Waals surface area contributed by atoms with Crippen LogP contribution >= 0.6 is 11.6 Å². The Kier molecular flexibility index (Phi) is 8.16. The molecule has 0 fully saturated rings. The number of para-hydroxylation sites is 1. The van der Waals surface area contributed by atoms with Gasteiger partial charge >= 0.3 is 0 Å². The van der Waals surface area contributed by atoms with E-state index in [0.29, 0.717) is 30.3 Å². The molecule has 21 heavy (non-hydrogen) atoms. The van der Waals surface area contributed by atoms with Gasteiger partial charge in [-0.15, -0.1) is 0 Å². The monoisotopic (exact) mass is 312 g/mol. The van der Waals surface area contributed by atoms with Crippen molar-refractivity contribution in [3.05, 3.63) is 28.8 Å². The molecule has 0 saturated carbocycles. The molecule has 1 aromatic rings. The fraction of sp³-hybridized carbons (Fsp3) is 0.562. The highest BCUT2D eigenvalue weighted by atomic mass is 35.5. The lowest BCUT2D eigenvalue weighted by atomic mass is 10.2. The van der Waals surface area contributed by atoms with Gasteiger partial charge in [-0.2, -0.15) is 0 Å². The third-order valence-electron chi connectivity index (χ3n) is 2.82. The number of hydrogen-bond acceptors (Lipinski definition) is 3. The van der Waals surface area contributed by atoms with Crippen molar-refractivity contribution in [2.75, 3.05) is 13.2 Å². The van der Waals surface area contributed by atoms with Crippen molar-refractivity contribution in [2.24, 2.45) is 0 Å². The molecule has 0 heterocycles. The molecule has 2 N–H and O–H groups in total. The molecule has 5 heteroatoms. The predicted octanol–water partition coefficient (Wildman–Crippen LogP) is 3.13. The van der Waals surface area contributed by atoms with Crippen LogP contribution in [-0.2, 0) is 11.3 Å². The number of amides is 1. The van der Waals surface area contributed by atoms with Crippen molar-refractivity contribution in [2.45, 2.75) is 46.2 Å². The van der Waals surface area contributed by atoms with Gasteiger partial charge in [0.15, 0.2) is 0 Å². The van der Waals surface area contributed by atoms with Crippen molar-refractivity contribution >= 4 is 17.5 Å². The van der Waals surface area contributed by atoms with Gasteiger partial charge in [-0.25, -0.2) is 0 Å². The van der Waals surface area contributed by atoms with Crippen molar-refractivity contribution in [1.82, 2.24) is 10.6 Å². The molecule has 0 atom stereocenters. The second-order valence-electron chi connectivity index (χ2n) is 5.23. The Labute approximate surface area is 132 Å². The Bertz CT molecular complexity index is 450. The minimum atomic E-state index is -0.0114. The first-order valence-electron chi connectivity index (χ1n) is 7.44. The second kappa shape index (κ2) is 9.64. The topological polar surface area (TPSA) is 50.4 Å². The summed E-state index contributed by atoms with van der Waals surface area (Å²) in [4.78, 5) is 11.6. The molecule has 0 aliphatic heterocycles. The molecule has 1 rings (SSSR count). The first-order valence-corrected chi connectivity index (χ1v) is 7.82. The maximum absolute atomic E-state index is 11.6. The minimum absolute atomic E-state index is 0.0114. The first-order chi connectivity index (χ1) is 10.0. The largest absolute Gasteiger partial charge is 0.491 e. The van der Waals surface area contributed by atoms with Crippen LogP contribution in [0.5, 0.6) is 5.75 Å². The smallest absolute Gasteiger partial charge is 0.223 e. The van der Waals surface area contributed by atoms with Crippen LogP contribution in [0.4, 0.5) is 0 Å². The van der Waals surface area contributed by atoms with Crippen molar-refractivity contribution in [3.63, 3.8) is 0 Å². The Morgan fingerprint density at radius 2 is 2.14 bits per heavy atom. The standard InChI is InChI=1S/C16H25ClN2O2/c1-4-9-18-11-13-6-5-7-14(17)16(13)21-10-8-15(20)19-12(2)3/h5-7,12,18H,4,8-11H2,1-3H3,(H,19,20). The molecule has 0 aliphatic carbocycles. The van der Waals surface area contributed by atoms with Gasteiger partial charge in [-0.05, 0) is 32.9 Å². The van der Waals surface area contributed by atoms with Crippen molar-refractivity contribution < 1.29 is 9.53 Å². The highest BCUT2D eigenvalue weighted by Gasteiger charge is 2.10. The third kappa shape index (κ3) is 6.82. The lowest BCUT2D eigenvalue weighted by Gasteiger charge is -2.14. The summed E-state index contributed by atoms with van der Waals surface area (Å²) < 4.78 is 5.72. The van der Waals surface area contributed by atoms with E-state index in [1.807, 2.05) is 26.0 Å². The van der Waals surface area contributed by atoms with Crippen LogP contribution in [0.3, 0.4) is 0 Å². The molecule has 1 amide bonds. The summed E-state index contributed by atoms with van der Waals surface area (Å²) in [5.41, 5.74) is 1.01. The Balaban J connectivity index is 2.54. The van der Waals surface area contributed by atoms with Crippen molar-refractivity contribution in [3.8, 4) is 5.75 Å². The maximum Gasteiger partial charge on any atom is 0.223 e. The maximum atomic E-state index is 11.6. The third-order valence-corrected chi connectivity index (χ3v) is 3.11. The highest BCUT2D eigenvalue weighted by molar-refractivity contribution is 6.32. The summed E-state index contributed by atoms with van der Waals surface area (Å²) >= 11 is 6.19. The number of benzene rings is 1. The minimum Gasteiger partial charge on any atom is -0.491 e. The average Bonchev–Trinajstić information content (AvgIpc) is 2.41. The fourth-order valence-electron chi connectivity index (χ4n) is 1.89.